The molecule has 1 saturated heterocycles. The van der Waals surface area contributed by atoms with Crippen molar-refractivity contribution in [3.05, 3.63) is 70.4 Å². The Morgan fingerprint density at radius 2 is 1.77 bits per heavy atom. The molecule has 2 aromatic carbocycles. The van der Waals surface area contributed by atoms with E-state index >= 15 is 0 Å². The average molecular weight is 517 g/mol. The van der Waals surface area contributed by atoms with Crippen molar-refractivity contribution in [3.63, 3.8) is 0 Å². The number of benzene rings is 2. The van der Waals surface area contributed by atoms with E-state index in [1.54, 1.807) is 0 Å². The number of piperidine rings is 1. The average Bonchev–Trinajstić information content (AvgIpc) is 3.04. The zero-order valence-corrected chi connectivity index (χ0v) is 21.7. The van der Waals surface area contributed by atoms with Gasteiger partial charge in [-0.15, -0.1) is 0 Å². The number of ketones is 1. The molecule has 4 rings (SSSR count). The monoisotopic (exact) mass is 516 g/mol. The first-order chi connectivity index (χ1) is 16.5. The normalized spacial score (nSPS) is 19.0. The summed E-state index contributed by atoms with van der Waals surface area (Å²) in [6.07, 6.45) is 4.05. The molecule has 0 bridgehead atoms. The number of ether oxygens (including phenoxy) is 1. The molecule has 2 aliphatic rings. The van der Waals surface area contributed by atoms with Gasteiger partial charge in [-0.25, -0.2) is 13.2 Å². The van der Waals surface area contributed by atoms with Crippen molar-refractivity contribution in [3.8, 4) is 0 Å². The van der Waals surface area contributed by atoms with E-state index in [2.05, 4.69) is 0 Å². The van der Waals surface area contributed by atoms with Crippen molar-refractivity contribution in [1.82, 2.24) is 4.31 Å². The van der Waals surface area contributed by atoms with Crippen LogP contribution in [0.5, 0.6) is 0 Å². The first-order valence-electron chi connectivity index (χ1n) is 11.6. The summed E-state index contributed by atoms with van der Waals surface area (Å²) in [4.78, 5) is 27.2. The maximum absolute atomic E-state index is 13.1. The van der Waals surface area contributed by atoms with E-state index in [0.717, 1.165) is 36.2 Å². The second kappa shape index (κ2) is 9.76. The van der Waals surface area contributed by atoms with Gasteiger partial charge in [0.1, 0.15) is 4.90 Å². The van der Waals surface area contributed by atoms with Crippen LogP contribution in [0.15, 0.2) is 59.1 Å². The number of hydrogen-bond donors (Lipinski definition) is 0. The fourth-order valence-corrected chi connectivity index (χ4v) is 6.76. The van der Waals surface area contributed by atoms with Gasteiger partial charge in [0.25, 0.3) is 0 Å². The van der Waals surface area contributed by atoms with Gasteiger partial charge in [0, 0.05) is 43.0 Å². The Labute approximate surface area is 211 Å². The van der Waals surface area contributed by atoms with Gasteiger partial charge in [0.15, 0.2) is 12.4 Å². The van der Waals surface area contributed by atoms with E-state index in [9.17, 15) is 18.0 Å². The topological polar surface area (TPSA) is 84.0 Å². The van der Waals surface area contributed by atoms with Crippen molar-refractivity contribution >= 4 is 39.1 Å². The third-order valence-corrected chi connectivity index (χ3v) is 9.06. The summed E-state index contributed by atoms with van der Waals surface area (Å²) >= 11 is 6.18. The number of halogens is 1. The Bertz CT molecular complexity index is 1300. The van der Waals surface area contributed by atoms with E-state index in [-0.39, 0.29) is 26.7 Å². The Kier molecular flexibility index (Phi) is 7.09. The number of carbonyl (C=O) groups is 2. The van der Waals surface area contributed by atoms with Gasteiger partial charge >= 0.3 is 5.97 Å². The highest BCUT2D eigenvalue weighted by Gasteiger charge is 2.38. The predicted molar refractivity (Wildman–Crippen MR) is 135 cm³/mol. The highest BCUT2D eigenvalue weighted by molar-refractivity contribution is 7.89. The van der Waals surface area contributed by atoms with Gasteiger partial charge in [-0.2, -0.15) is 4.31 Å². The molecule has 0 saturated carbocycles. The van der Waals surface area contributed by atoms with Gasteiger partial charge in [0.05, 0.1) is 10.6 Å². The molecule has 35 heavy (non-hydrogen) atoms. The molecule has 0 atom stereocenters. The summed E-state index contributed by atoms with van der Waals surface area (Å²) in [5.41, 5.74) is 2.59. The number of likely N-dealkylation sites (N-methyl/N-ethyl adjacent to an activating group) is 1. The quantitative estimate of drug-likeness (QED) is 0.413. The number of carbonyl (C=O) groups excluding carboxylic acids is 2. The lowest BCUT2D eigenvalue weighted by atomic mass is 9.83. The number of rotatable bonds is 6. The lowest BCUT2D eigenvalue weighted by molar-refractivity contribution is -0.117. The number of sulfonamides is 1. The zero-order valence-electron chi connectivity index (χ0n) is 20.1. The van der Waals surface area contributed by atoms with Gasteiger partial charge in [-0.05, 0) is 42.7 Å². The fourth-order valence-electron chi connectivity index (χ4n) is 4.75. The summed E-state index contributed by atoms with van der Waals surface area (Å²) in [7, 11) is -1.93. The van der Waals surface area contributed by atoms with E-state index in [4.69, 9.17) is 16.3 Å². The maximum atomic E-state index is 13.1. The van der Waals surface area contributed by atoms with E-state index in [1.807, 2.05) is 50.1 Å². The van der Waals surface area contributed by atoms with Gasteiger partial charge < -0.3 is 9.64 Å². The van der Waals surface area contributed by atoms with Crippen LogP contribution >= 0.6 is 11.6 Å². The molecular formula is C26H29ClN2O5S. The summed E-state index contributed by atoms with van der Waals surface area (Å²) in [6, 6.07) is 11.9. The molecule has 0 unspecified atom stereocenters. The van der Waals surface area contributed by atoms with E-state index < -0.39 is 22.6 Å². The van der Waals surface area contributed by atoms with Crippen LogP contribution in [0.4, 0.5) is 5.69 Å². The van der Waals surface area contributed by atoms with E-state index in [0.29, 0.717) is 13.1 Å². The minimum atomic E-state index is -3.83. The van der Waals surface area contributed by atoms with Crippen molar-refractivity contribution in [2.45, 2.75) is 43.4 Å². The summed E-state index contributed by atoms with van der Waals surface area (Å²) in [6.45, 7) is 4.46. The molecule has 0 amide bonds. The molecule has 186 valence electrons. The highest BCUT2D eigenvalue weighted by Crippen LogP contribution is 2.46. The Hall–Kier alpha value is -2.68. The second-order valence-electron chi connectivity index (χ2n) is 9.38. The molecule has 7 nitrogen and oxygen atoms in total. The first kappa shape index (κ1) is 25.4. The van der Waals surface area contributed by atoms with Gasteiger partial charge in [-0.3, -0.25) is 4.79 Å². The van der Waals surface area contributed by atoms with Gasteiger partial charge in [0.2, 0.25) is 10.0 Å². The lowest BCUT2D eigenvalue weighted by Crippen LogP contribution is -2.35. The molecule has 2 aromatic rings. The van der Waals surface area contributed by atoms with Crippen molar-refractivity contribution < 1.29 is 22.7 Å². The Morgan fingerprint density at radius 3 is 2.46 bits per heavy atom. The molecule has 2 aliphatic heterocycles. The van der Waals surface area contributed by atoms with E-state index in [1.165, 1.54) is 28.6 Å². The number of para-hydroxylation sites is 1. The number of allylic oxidation sites excluding steroid dienone is 1. The number of nitrogens with zero attached hydrogens (tertiary/aromatic N) is 2. The first-order valence-corrected chi connectivity index (χ1v) is 13.4. The number of hydrogen-bond acceptors (Lipinski definition) is 6. The van der Waals surface area contributed by atoms with Crippen LogP contribution in [-0.2, 0) is 25.0 Å². The fraction of sp³-hybridized carbons (Fsp3) is 0.385. The molecule has 0 aliphatic carbocycles. The van der Waals surface area contributed by atoms with Crippen LogP contribution in [-0.4, -0.2) is 51.2 Å². The molecule has 0 spiro atoms. The summed E-state index contributed by atoms with van der Waals surface area (Å²) in [5, 5.41) is 0.0407. The standard InChI is InChI=1S/C26H29ClN2O5S/c1-26(2)20-9-5-6-10-22(20)28(3)24(26)16-19(30)17-34-25(31)18-11-12-21(27)23(15-18)35(32,33)29-13-7-4-8-14-29/h5-6,9-12,15-16H,4,7-8,13-14,17H2,1-3H3. The Balaban J connectivity index is 1.48. The van der Waals surface area contributed by atoms with Crippen LogP contribution < -0.4 is 4.90 Å². The van der Waals surface area contributed by atoms with Crippen LogP contribution in [0.25, 0.3) is 0 Å². The third-order valence-electron chi connectivity index (χ3n) is 6.68. The second-order valence-corrected chi connectivity index (χ2v) is 11.7. The van der Waals surface area contributed by atoms with Crippen LogP contribution in [0.1, 0.15) is 49.0 Å². The smallest absolute Gasteiger partial charge is 0.338 e. The lowest BCUT2D eigenvalue weighted by Gasteiger charge is -2.26. The van der Waals surface area contributed by atoms with Crippen LogP contribution in [0, 0.1) is 0 Å². The molecule has 9 heteroatoms. The third kappa shape index (κ3) is 4.87. The Morgan fingerprint density at radius 1 is 1.09 bits per heavy atom. The molecule has 2 heterocycles. The minimum absolute atomic E-state index is 0.0242. The maximum Gasteiger partial charge on any atom is 0.338 e. The molecule has 0 radical (unpaired) electrons. The molecular weight excluding hydrogens is 488 g/mol. The van der Waals surface area contributed by atoms with Crippen molar-refractivity contribution in [2.75, 3.05) is 31.6 Å². The van der Waals surface area contributed by atoms with Crippen molar-refractivity contribution in [2.24, 2.45) is 0 Å². The van der Waals surface area contributed by atoms with Gasteiger partial charge in [-0.1, -0.05) is 50.1 Å². The highest BCUT2D eigenvalue weighted by atomic mass is 35.5. The predicted octanol–water partition coefficient (Wildman–Crippen LogP) is 4.55. The molecule has 0 N–H and O–H groups in total. The SMILES string of the molecule is CN1C(=CC(=O)COC(=O)c2ccc(Cl)c(S(=O)(=O)N3CCCCC3)c2)C(C)(C)c2ccccc21. The molecule has 1 fully saturated rings. The minimum Gasteiger partial charge on any atom is -0.454 e. The summed E-state index contributed by atoms with van der Waals surface area (Å²) in [5.74, 6) is -1.15. The van der Waals surface area contributed by atoms with Crippen LogP contribution in [0.3, 0.4) is 0 Å². The number of anilines is 1. The number of esters is 1. The van der Waals surface area contributed by atoms with Crippen LogP contribution in [0.2, 0.25) is 5.02 Å². The van der Waals surface area contributed by atoms with Crippen molar-refractivity contribution in [1.29, 1.82) is 0 Å². The number of fused-ring (bicyclic) bond motifs is 1. The largest absolute Gasteiger partial charge is 0.454 e. The zero-order chi connectivity index (χ0) is 25.4. The summed E-state index contributed by atoms with van der Waals surface area (Å²) < 4.78 is 32.7. The molecule has 0 aromatic heterocycles.